The third-order valence-electron chi connectivity index (χ3n) is 3.20. The second kappa shape index (κ2) is 6.09. The van der Waals surface area contributed by atoms with Gasteiger partial charge in [-0.3, -0.25) is 0 Å². The van der Waals surface area contributed by atoms with Crippen LogP contribution in [0.2, 0.25) is 5.02 Å². The van der Waals surface area contributed by atoms with Crippen LogP contribution >= 0.6 is 11.6 Å². The Morgan fingerprint density at radius 2 is 1.74 bits per heavy atom. The van der Waals surface area contributed by atoms with Crippen molar-refractivity contribution in [3.8, 4) is 5.75 Å². The summed E-state index contributed by atoms with van der Waals surface area (Å²) < 4.78 is 5.10. The standard InChI is InChI=1S/C16H17ClO2/c1-3-11-4-6-12(7-5-11)16(18)13-8-9-15(19-2)14(17)10-13/h4-10,16,18H,3H2,1-2H3. The van der Waals surface area contributed by atoms with E-state index >= 15 is 0 Å². The molecule has 2 rings (SSSR count). The van der Waals surface area contributed by atoms with Crippen LogP contribution in [0.1, 0.15) is 29.7 Å². The van der Waals surface area contributed by atoms with Crippen LogP contribution in [0.4, 0.5) is 0 Å². The number of ether oxygens (including phenoxy) is 1. The number of aliphatic hydroxyl groups excluding tert-OH is 1. The molecule has 1 unspecified atom stereocenters. The number of rotatable bonds is 4. The van der Waals surface area contributed by atoms with E-state index in [4.69, 9.17) is 16.3 Å². The lowest BCUT2D eigenvalue weighted by Crippen LogP contribution is -2.00. The highest BCUT2D eigenvalue weighted by atomic mass is 35.5. The smallest absolute Gasteiger partial charge is 0.137 e. The summed E-state index contributed by atoms with van der Waals surface area (Å²) in [5.74, 6) is 0.610. The highest BCUT2D eigenvalue weighted by Crippen LogP contribution is 2.30. The minimum Gasteiger partial charge on any atom is -0.495 e. The molecule has 100 valence electrons. The van der Waals surface area contributed by atoms with Gasteiger partial charge in [-0.05, 0) is 35.2 Å². The third kappa shape index (κ3) is 3.09. The normalized spacial score (nSPS) is 12.2. The molecule has 0 amide bonds. The molecule has 0 fully saturated rings. The van der Waals surface area contributed by atoms with Crippen LogP contribution in [-0.2, 0) is 6.42 Å². The molecule has 2 aromatic rings. The van der Waals surface area contributed by atoms with E-state index in [1.54, 1.807) is 19.2 Å². The van der Waals surface area contributed by atoms with Gasteiger partial charge in [-0.15, -0.1) is 0 Å². The molecule has 0 radical (unpaired) electrons. The molecule has 2 aromatic carbocycles. The SMILES string of the molecule is CCc1ccc(C(O)c2ccc(OC)c(Cl)c2)cc1. The molecule has 0 bridgehead atoms. The molecule has 0 aliphatic carbocycles. The van der Waals surface area contributed by atoms with Crippen LogP contribution in [-0.4, -0.2) is 12.2 Å². The van der Waals surface area contributed by atoms with Crippen LogP contribution in [0.5, 0.6) is 5.75 Å². The zero-order valence-electron chi connectivity index (χ0n) is 11.1. The Balaban J connectivity index is 2.27. The number of benzene rings is 2. The van der Waals surface area contributed by atoms with Crippen molar-refractivity contribution < 1.29 is 9.84 Å². The highest BCUT2D eigenvalue weighted by molar-refractivity contribution is 6.32. The molecule has 2 nitrogen and oxygen atoms in total. The van der Waals surface area contributed by atoms with Crippen molar-refractivity contribution in [2.24, 2.45) is 0 Å². The van der Waals surface area contributed by atoms with Crippen LogP contribution < -0.4 is 4.74 Å². The van der Waals surface area contributed by atoms with E-state index in [1.165, 1.54) is 5.56 Å². The molecule has 1 atom stereocenters. The van der Waals surface area contributed by atoms with Crippen molar-refractivity contribution in [1.29, 1.82) is 0 Å². The van der Waals surface area contributed by atoms with Crippen molar-refractivity contribution in [1.82, 2.24) is 0 Å². The Bertz CT molecular complexity index is 549. The van der Waals surface area contributed by atoms with Crippen LogP contribution in [0.25, 0.3) is 0 Å². The summed E-state index contributed by atoms with van der Waals surface area (Å²) in [7, 11) is 1.57. The number of halogens is 1. The van der Waals surface area contributed by atoms with Crippen LogP contribution in [0, 0.1) is 0 Å². The number of methoxy groups -OCH3 is 1. The van der Waals surface area contributed by atoms with Gasteiger partial charge in [-0.1, -0.05) is 48.9 Å². The number of aliphatic hydroxyl groups is 1. The van der Waals surface area contributed by atoms with E-state index in [9.17, 15) is 5.11 Å². The maximum atomic E-state index is 10.3. The molecule has 0 saturated heterocycles. The lowest BCUT2D eigenvalue weighted by atomic mass is 10.00. The van der Waals surface area contributed by atoms with Gasteiger partial charge in [0.2, 0.25) is 0 Å². The monoisotopic (exact) mass is 276 g/mol. The Morgan fingerprint density at radius 1 is 1.11 bits per heavy atom. The topological polar surface area (TPSA) is 29.5 Å². The molecule has 1 N–H and O–H groups in total. The summed E-state index contributed by atoms with van der Waals surface area (Å²) >= 11 is 6.07. The molecular formula is C16H17ClO2. The molecular weight excluding hydrogens is 260 g/mol. The maximum Gasteiger partial charge on any atom is 0.137 e. The molecule has 19 heavy (non-hydrogen) atoms. The van der Waals surface area contributed by atoms with E-state index < -0.39 is 6.10 Å². The van der Waals surface area contributed by atoms with Crippen LogP contribution in [0.15, 0.2) is 42.5 Å². The quantitative estimate of drug-likeness (QED) is 0.915. The third-order valence-corrected chi connectivity index (χ3v) is 3.49. The zero-order chi connectivity index (χ0) is 13.8. The molecule has 3 heteroatoms. The Morgan fingerprint density at radius 3 is 2.26 bits per heavy atom. The van der Waals surface area contributed by atoms with Gasteiger partial charge in [-0.2, -0.15) is 0 Å². The minimum absolute atomic E-state index is 0.504. The van der Waals surface area contributed by atoms with Gasteiger partial charge < -0.3 is 9.84 Å². The summed E-state index contributed by atoms with van der Waals surface area (Å²) in [5.41, 5.74) is 2.87. The van der Waals surface area contributed by atoms with Crippen LogP contribution in [0.3, 0.4) is 0 Å². The summed E-state index contributed by atoms with van der Waals surface area (Å²) in [6.07, 6.45) is 0.319. The average molecular weight is 277 g/mol. The fourth-order valence-electron chi connectivity index (χ4n) is 1.98. The van der Waals surface area contributed by atoms with Gasteiger partial charge in [-0.25, -0.2) is 0 Å². The van der Waals surface area contributed by atoms with E-state index in [0.717, 1.165) is 17.5 Å². The second-order valence-electron chi connectivity index (χ2n) is 4.39. The van der Waals surface area contributed by atoms with Crippen molar-refractivity contribution in [2.75, 3.05) is 7.11 Å². The molecule has 0 spiro atoms. The first kappa shape index (κ1) is 13.9. The largest absolute Gasteiger partial charge is 0.495 e. The molecule has 0 aromatic heterocycles. The molecule has 0 aliphatic rings. The molecule has 0 aliphatic heterocycles. The number of aryl methyl sites for hydroxylation is 1. The second-order valence-corrected chi connectivity index (χ2v) is 4.80. The van der Waals surface area contributed by atoms with Crippen molar-refractivity contribution >= 4 is 11.6 Å². The first-order valence-electron chi connectivity index (χ1n) is 6.26. The maximum absolute atomic E-state index is 10.3. The van der Waals surface area contributed by atoms with E-state index in [0.29, 0.717) is 10.8 Å². The Labute approximate surface area is 118 Å². The summed E-state index contributed by atoms with van der Waals surface area (Å²) in [5, 5.41) is 10.8. The van der Waals surface area contributed by atoms with E-state index in [2.05, 4.69) is 6.92 Å². The van der Waals surface area contributed by atoms with Gasteiger partial charge in [0.15, 0.2) is 0 Å². The Kier molecular flexibility index (Phi) is 4.46. The minimum atomic E-state index is -0.672. The first-order valence-corrected chi connectivity index (χ1v) is 6.63. The van der Waals surface area contributed by atoms with Crippen molar-refractivity contribution in [2.45, 2.75) is 19.4 Å². The van der Waals surface area contributed by atoms with E-state index in [1.807, 2.05) is 30.3 Å². The lowest BCUT2D eigenvalue weighted by molar-refractivity contribution is 0.220. The summed E-state index contributed by atoms with van der Waals surface area (Å²) in [6.45, 7) is 2.11. The van der Waals surface area contributed by atoms with E-state index in [-0.39, 0.29) is 0 Å². The molecule has 0 saturated carbocycles. The average Bonchev–Trinajstić information content (AvgIpc) is 2.46. The fraction of sp³-hybridized carbons (Fsp3) is 0.250. The van der Waals surface area contributed by atoms with Crippen molar-refractivity contribution in [3.63, 3.8) is 0 Å². The predicted octanol–water partition coefficient (Wildman–Crippen LogP) is 3.99. The fourth-order valence-corrected chi connectivity index (χ4v) is 2.25. The van der Waals surface area contributed by atoms with Crippen molar-refractivity contribution in [3.05, 3.63) is 64.2 Å². The lowest BCUT2D eigenvalue weighted by Gasteiger charge is -2.13. The van der Waals surface area contributed by atoms with Gasteiger partial charge in [0.05, 0.1) is 12.1 Å². The van der Waals surface area contributed by atoms with Gasteiger partial charge in [0.25, 0.3) is 0 Å². The summed E-state index contributed by atoms with van der Waals surface area (Å²) in [4.78, 5) is 0. The van der Waals surface area contributed by atoms with Gasteiger partial charge in [0.1, 0.15) is 11.9 Å². The van der Waals surface area contributed by atoms with Gasteiger partial charge in [0, 0.05) is 0 Å². The molecule has 0 heterocycles. The van der Waals surface area contributed by atoms with Gasteiger partial charge >= 0.3 is 0 Å². The number of hydrogen-bond acceptors (Lipinski definition) is 2. The zero-order valence-corrected chi connectivity index (χ0v) is 11.8. The highest BCUT2D eigenvalue weighted by Gasteiger charge is 2.12. The summed E-state index contributed by atoms with van der Waals surface area (Å²) in [6, 6.07) is 13.3. The Hall–Kier alpha value is -1.51. The number of hydrogen-bond donors (Lipinski definition) is 1. The first-order chi connectivity index (χ1) is 9.15. The predicted molar refractivity (Wildman–Crippen MR) is 77.9 cm³/mol.